The molecule has 0 radical (unpaired) electrons. The van der Waals surface area contributed by atoms with Gasteiger partial charge < -0.3 is 19.8 Å². The third kappa shape index (κ3) is 5.36. The first-order valence-corrected chi connectivity index (χ1v) is 11.8. The van der Waals surface area contributed by atoms with Gasteiger partial charge in [0.1, 0.15) is 17.2 Å². The summed E-state index contributed by atoms with van der Waals surface area (Å²) < 4.78 is 21.3. The van der Waals surface area contributed by atoms with Crippen LogP contribution < -0.4 is 10.3 Å². The van der Waals surface area contributed by atoms with E-state index < -0.39 is 22.8 Å². The Morgan fingerprint density at radius 3 is 2.49 bits per heavy atom. The number of nitrogens with zero attached hydrogens (tertiary/aromatic N) is 3. The number of aromatic nitrogens is 2. The first-order valence-electron chi connectivity index (χ1n) is 11.8. The van der Waals surface area contributed by atoms with Gasteiger partial charge in [-0.1, -0.05) is 19.9 Å². The van der Waals surface area contributed by atoms with Gasteiger partial charge in [-0.05, 0) is 56.5 Å². The number of fused-ring (bicyclic) bond motifs is 1. The van der Waals surface area contributed by atoms with Gasteiger partial charge in [-0.3, -0.25) is 9.36 Å². The first-order chi connectivity index (χ1) is 16.8. The van der Waals surface area contributed by atoms with Gasteiger partial charge in [-0.25, -0.2) is 14.2 Å². The van der Waals surface area contributed by atoms with Crippen LogP contribution in [0.2, 0.25) is 0 Å². The number of ether oxygens (including phenoxy) is 1. The van der Waals surface area contributed by atoms with Crippen LogP contribution in [0, 0.1) is 12.7 Å². The fourth-order valence-corrected chi connectivity index (χ4v) is 4.02. The molecule has 2 N–H and O–H groups in total. The third-order valence-electron chi connectivity index (χ3n) is 6.01. The summed E-state index contributed by atoms with van der Waals surface area (Å²) in [6.07, 6.45) is 2.00. The maximum atomic E-state index is 14.9. The molecule has 8 nitrogen and oxygen atoms in total. The fraction of sp³-hybridized carbons (Fsp3) is 0.423. The van der Waals surface area contributed by atoms with Crippen LogP contribution in [0.15, 0.2) is 41.3 Å². The van der Waals surface area contributed by atoms with Gasteiger partial charge in [0.15, 0.2) is 5.65 Å². The Labute approximate surface area is 203 Å². The average molecular weight is 486 g/mol. The van der Waals surface area contributed by atoms with Crippen LogP contribution in [-0.2, 0) is 4.74 Å². The number of aryl methyl sites for hydroxylation is 1. The number of aliphatic hydroxyl groups is 2. The molecule has 4 rings (SSSR count). The number of piperidine rings is 1. The summed E-state index contributed by atoms with van der Waals surface area (Å²) >= 11 is 0. The molecule has 1 aromatic carbocycles. The van der Waals surface area contributed by atoms with Crippen molar-refractivity contribution in [2.75, 3.05) is 31.2 Å². The van der Waals surface area contributed by atoms with Crippen molar-refractivity contribution in [3.8, 4) is 5.69 Å². The number of halogens is 1. The van der Waals surface area contributed by atoms with E-state index in [1.165, 1.54) is 16.8 Å². The van der Waals surface area contributed by atoms with E-state index in [0.717, 1.165) is 5.56 Å². The van der Waals surface area contributed by atoms with Crippen molar-refractivity contribution in [1.29, 1.82) is 0 Å². The lowest BCUT2D eigenvalue weighted by Crippen LogP contribution is -2.46. The van der Waals surface area contributed by atoms with Crippen LogP contribution in [0.25, 0.3) is 16.7 Å². The fourth-order valence-electron chi connectivity index (χ4n) is 4.02. The molecule has 0 aliphatic carbocycles. The summed E-state index contributed by atoms with van der Waals surface area (Å²) in [7, 11) is 0. The first kappa shape index (κ1) is 26.3. The molecule has 0 bridgehead atoms. The van der Waals surface area contributed by atoms with Gasteiger partial charge in [0.25, 0.3) is 0 Å². The number of esters is 1. The number of carbonyl (C=O) groups is 1. The molecule has 35 heavy (non-hydrogen) atoms. The zero-order valence-electron chi connectivity index (χ0n) is 20.5. The quantitative estimate of drug-likeness (QED) is 0.534. The summed E-state index contributed by atoms with van der Waals surface area (Å²) in [5.74, 6) is -0.756. The lowest BCUT2D eigenvalue weighted by molar-refractivity contribution is -0.0326. The molecule has 3 heterocycles. The van der Waals surface area contributed by atoms with Gasteiger partial charge in [-0.2, -0.15) is 0 Å². The van der Waals surface area contributed by atoms with E-state index in [-0.39, 0.29) is 35.5 Å². The van der Waals surface area contributed by atoms with Crippen molar-refractivity contribution in [3.63, 3.8) is 0 Å². The van der Waals surface area contributed by atoms with E-state index >= 15 is 0 Å². The van der Waals surface area contributed by atoms with E-state index in [0.29, 0.717) is 31.7 Å². The molecule has 0 spiro atoms. The minimum Gasteiger partial charge on any atom is -0.462 e. The Balaban J connectivity index is 0.00000167. The van der Waals surface area contributed by atoms with Gasteiger partial charge in [-0.15, -0.1) is 0 Å². The van der Waals surface area contributed by atoms with Crippen molar-refractivity contribution in [2.24, 2.45) is 0 Å². The van der Waals surface area contributed by atoms with Crippen LogP contribution in [-0.4, -0.2) is 57.6 Å². The number of carbonyl (C=O) groups excluding carboxylic acids is 1. The number of aliphatic hydroxyl groups excluding tert-OH is 1. The predicted molar refractivity (Wildman–Crippen MR) is 133 cm³/mol. The number of hydrogen-bond donors (Lipinski definition) is 2. The van der Waals surface area contributed by atoms with Gasteiger partial charge in [0.05, 0.1) is 29.9 Å². The van der Waals surface area contributed by atoms with E-state index in [9.17, 15) is 24.2 Å². The molecule has 1 aliphatic rings. The smallest absolute Gasteiger partial charge is 0.343 e. The molecule has 188 valence electrons. The largest absolute Gasteiger partial charge is 0.462 e. The van der Waals surface area contributed by atoms with Crippen molar-refractivity contribution in [1.82, 2.24) is 9.55 Å². The summed E-state index contributed by atoms with van der Waals surface area (Å²) in [6, 6.07) is 7.90. The highest BCUT2D eigenvalue weighted by Gasteiger charge is 2.32. The molecule has 0 saturated carbocycles. The summed E-state index contributed by atoms with van der Waals surface area (Å²) in [5.41, 5.74) is -0.782. The Kier molecular flexibility index (Phi) is 8.24. The van der Waals surface area contributed by atoms with Crippen LogP contribution >= 0.6 is 0 Å². The minimum atomic E-state index is -1.12. The van der Waals surface area contributed by atoms with Gasteiger partial charge in [0.2, 0.25) is 5.43 Å². The molecule has 3 aromatic rings. The maximum Gasteiger partial charge on any atom is 0.343 e. The van der Waals surface area contributed by atoms with Crippen LogP contribution in [0.5, 0.6) is 0 Å². The molecule has 1 fully saturated rings. The number of pyridine rings is 2. The van der Waals surface area contributed by atoms with Crippen molar-refractivity contribution < 1.29 is 24.1 Å². The highest BCUT2D eigenvalue weighted by molar-refractivity contribution is 5.93. The second-order valence-electron chi connectivity index (χ2n) is 8.33. The Morgan fingerprint density at radius 1 is 1.20 bits per heavy atom. The molecule has 1 aliphatic heterocycles. The number of benzene rings is 1. The van der Waals surface area contributed by atoms with Crippen molar-refractivity contribution in [2.45, 2.75) is 46.1 Å². The Bertz CT molecular complexity index is 1270. The van der Waals surface area contributed by atoms with E-state index in [4.69, 9.17) is 4.74 Å². The van der Waals surface area contributed by atoms with Crippen LogP contribution in [0.4, 0.5) is 10.2 Å². The second-order valence-corrected chi connectivity index (χ2v) is 8.33. The summed E-state index contributed by atoms with van der Waals surface area (Å²) in [5, 5.41) is 19.9. The lowest BCUT2D eigenvalue weighted by atomic mass is 9.92. The van der Waals surface area contributed by atoms with Crippen LogP contribution in [0.1, 0.15) is 49.5 Å². The SMILES string of the molecule is CC.CCOC(=O)c1cn(-c2ccc(C)cc2F)c2nc(N3CCC(O)(CO)CC3)ccc2c1=O. The molecule has 0 unspecified atom stereocenters. The van der Waals surface area contributed by atoms with E-state index in [1.807, 2.05) is 18.7 Å². The standard InChI is InChI=1S/C24H26FN3O5.C2H6/c1-3-33-23(31)17-13-28(19-6-4-15(2)12-18(19)25)22-16(21(17)30)5-7-20(26-22)27-10-8-24(32,14-29)9-11-27;1-2/h4-7,12-13,29,32H,3,8-11,14H2,1-2H3;1-2H3. The number of anilines is 1. The van der Waals surface area contributed by atoms with Crippen molar-refractivity contribution in [3.05, 3.63) is 63.7 Å². The average Bonchev–Trinajstić information content (AvgIpc) is 2.86. The molecule has 0 atom stereocenters. The zero-order valence-corrected chi connectivity index (χ0v) is 20.5. The molecular formula is C26H32FN3O5. The molecular weight excluding hydrogens is 453 g/mol. The summed E-state index contributed by atoms with van der Waals surface area (Å²) in [4.78, 5) is 32.1. The highest BCUT2D eigenvalue weighted by atomic mass is 19.1. The predicted octanol–water partition coefficient (Wildman–Crippen LogP) is 3.36. The minimum absolute atomic E-state index is 0.0987. The van der Waals surface area contributed by atoms with Crippen LogP contribution in [0.3, 0.4) is 0 Å². The topological polar surface area (TPSA) is 105 Å². The second kappa shape index (κ2) is 11.0. The number of hydrogen-bond acceptors (Lipinski definition) is 7. The maximum absolute atomic E-state index is 14.9. The molecule has 2 aromatic heterocycles. The zero-order chi connectivity index (χ0) is 25.8. The van der Waals surface area contributed by atoms with E-state index in [1.54, 1.807) is 38.1 Å². The molecule has 0 amide bonds. The highest BCUT2D eigenvalue weighted by Crippen LogP contribution is 2.27. The van der Waals surface area contributed by atoms with Crippen molar-refractivity contribution >= 4 is 22.8 Å². The monoisotopic (exact) mass is 485 g/mol. The number of rotatable bonds is 5. The Hall–Kier alpha value is -3.30. The normalized spacial score (nSPS) is 14.9. The molecule has 9 heteroatoms. The summed E-state index contributed by atoms with van der Waals surface area (Å²) in [6.45, 7) is 8.11. The lowest BCUT2D eigenvalue weighted by Gasteiger charge is -2.37. The van der Waals surface area contributed by atoms with Gasteiger partial charge in [0, 0.05) is 19.3 Å². The van der Waals surface area contributed by atoms with E-state index in [2.05, 4.69) is 4.98 Å². The Morgan fingerprint density at radius 2 is 1.89 bits per heavy atom. The third-order valence-corrected chi connectivity index (χ3v) is 6.01. The molecule has 1 saturated heterocycles. The van der Waals surface area contributed by atoms with Gasteiger partial charge >= 0.3 is 5.97 Å².